The first kappa shape index (κ1) is 24.4. The fraction of sp³-hybridized carbons (Fsp3) is 0.462. The van der Waals surface area contributed by atoms with Crippen LogP contribution in [0.5, 0.6) is 0 Å². The van der Waals surface area contributed by atoms with Crippen molar-refractivity contribution >= 4 is 27.0 Å². The van der Waals surface area contributed by atoms with Crippen molar-refractivity contribution in [2.75, 3.05) is 20.1 Å². The van der Waals surface area contributed by atoms with Crippen LogP contribution < -0.4 is 0 Å². The molecule has 7 nitrogen and oxygen atoms in total. The van der Waals surface area contributed by atoms with Crippen molar-refractivity contribution < 1.29 is 13.2 Å². The molecule has 34 heavy (non-hydrogen) atoms. The third-order valence-corrected chi connectivity index (χ3v) is 9.02. The van der Waals surface area contributed by atoms with Gasteiger partial charge in [0, 0.05) is 32.6 Å². The van der Waals surface area contributed by atoms with Crippen LogP contribution >= 0.6 is 0 Å². The molecule has 182 valence electrons. The van der Waals surface area contributed by atoms with Gasteiger partial charge in [-0.15, -0.1) is 0 Å². The van der Waals surface area contributed by atoms with E-state index in [2.05, 4.69) is 11.5 Å². The Morgan fingerprint density at radius 3 is 2.32 bits per heavy atom. The summed E-state index contributed by atoms with van der Waals surface area (Å²) in [6.45, 7) is 9.67. The van der Waals surface area contributed by atoms with E-state index in [1.807, 2.05) is 64.2 Å². The van der Waals surface area contributed by atoms with E-state index in [-0.39, 0.29) is 11.8 Å². The summed E-state index contributed by atoms with van der Waals surface area (Å²) in [6.07, 6.45) is 1.05. The topological polar surface area (TPSA) is 75.5 Å². The average Bonchev–Trinajstić information content (AvgIpc) is 3.14. The van der Waals surface area contributed by atoms with E-state index in [1.165, 1.54) is 4.31 Å². The molecule has 0 unspecified atom stereocenters. The molecule has 1 amide bonds. The predicted octanol–water partition coefficient (Wildman–Crippen LogP) is 4.04. The number of carbonyl (C=O) groups is 1. The number of imidazole rings is 1. The summed E-state index contributed by atoms with van der Waals surface area (Å²) in [6, 6.07) is 11.8. The highest BCUT2D eigenvalue weighted by Crippen LogP contribution is 2.29. The molecule has 1 fully saturated rings. The van der Waals surface area contributed by atoms with Crippen LogP contribution in [0.2, 0.25) is 0 Å². The second-order valence-electron chi connectivity index (χ2n) is 9.36. The summed E-state index contributed by atoms with van der Waals surface area (Å²) in [5, 5.41) is 0. The van der Waals surface area contributed by atoms with Crippen LogP contribution in [-0.2, 0) is 27.9 Å². The number of aryl methyl sites for hydroxylation is 4. The number of hydrogen-bond acceptors (Lipinski definition) is 4. The van der Waals surface area contributed by atoms with Gasteiger partial charge in [-0.1, -0.05) is 29.8 Å². The number of carbonyl (C=O) groups excluding carboxylic acids is 1. The monoisotopic (exact) mass is 482 g/mol. The summed E-state index contributed by atoms with van der Waals surface area (Å²) >= 11 is 0. The zero-order valence-electron chi connectivity index (χ0n) is 20.7. The van der Waals surface area contributed by atoms with Crippen LogP contribution in [0.25, 0.3) is 11.0 Å². The summed E-state index contributed by atoms with van der Waals surface area (Å²) < 4.78 is 30.4. The fourth-order valence-corrected chi connectivity index (χ4v) is 7.13. The molecule has 1 aromatic heterocycles. The maximum Gasteiger partial charge on any atom is 0.243 e. The molecule has 0 spiro atoms. The van der Waals surface area contributed by atoms with Gasteiger partial charge in [0.1, 0.15) is 5.82 Å². The number of aromatic nitrogens is 2. The van der Waals surface area contributed by atoms with Crippen molar-refractivity contribution in [2.24, 2.45) is 5.92 Å². The molecule has 3 aromatic rings. The smallest absolute Gasteiger partial charge is 0.243 e. The number of nitrogens with zero attached hydrogens (tertiary/aromatic N) is 4. The SMILES string of the molecule is CCn1c(CN(C)C(=O)C2CCN(S(=O)(=O)c3c(C)cc(C)cc3C)CC2)nc2ccccc21. The number of para-hydroxylation sites is 2. The standard InChI is InChI=1S/C26H34N4O3S/c1-6-30-23-10-8-7-9-22(23)27-24(30)17-28(5)26(31)21-11-13-29(14-12-21)34(32,33)25-19(3)15-18(2)16-20(25)4/h7-10,15-16,21H,6,11-14,17H2,1-5H3. The summed E-state index contributed by atoms with van der Waals surface area (Å²) in [5.74, 6) is 0.732. The summed E-state index contributed by atoms with van der Waals surface area (Å²) in [7, 11) is -1.78. The van der Waals surface area contributed by atoms with Crippen molar-refractivity contribution in [1.29, 1.82) is 0 Å². The van der Waals surface area contributed by atoms with Gasteiger partial charge in [-0.05, 0) is 63.8 Å². The number of piperidine rings is 1. The zero-order valence-corrected chi connectivity index (χ0v) is 21.5. The van der Waals surface area contributed by atoms with Crippen molar-refractivity contribution in [3.63, 3.8) is 0 Å². The van der Waals surface area contributed by atoms with E-state index in [4.69, 9.17) is 4.98 Å². The molecule has 1 saturated heterocycles. The number of hydrogen-bond donors (Lipinski definition) is 0. The molecular weight excluding hydrogens is 448 g/mol. The lowest BCUT2D eigenvalue weighted by molar-refractivity contribution is -0.136. The van der Waals surface area contributed by atoms with Crippen LogP contribution in [0, 0.1) is 26.7 Å². The van der Waals surface area contributed by atoms with Gasteiger partial charge >= 0.3 is 0 Å². The number of sulfonamides is 1. The lowest BCUT2D eigenvalue weighted by atomic mass is 9.96. The Morgan fingerprint density at radius 2 is 1.71 bits per heavy atom. The first-order valence-corrected chi connectivity index (χ1v) is 13.3. The van der Waals surface area contributed by atoms with Crippen LogP contribution in [0.15, 0.2) is 41.3 Å². The molecule has 2 aromatic carbocycles. The Morgan fingerprint density at radius 1 is 1.09 bits per heavy atom. The van der Waals surface area contributed by atoms with Gasteiger partial charge in [0.05, 0.1) is 22.5 Å². The highest BCUT2D eigenvalue weighted by Gasteiger charge is 2.34. The van der Waals surface area contributed by atoms with E-state index in [1.54, 1.807) is 4.90 Å². The Hall–Kier alpha value is -2.71. The van der Waals surface area contributed by atoms with Gasteiger partial charge in [0.15, 0.2) is 0 Å². The van der Waals surface area contributed by atoms with E-state index in [0.29, 0.717) is 37.4 Å². The van der Waals surface area contributed by atoms with Gasteiger partial charge in [0.25, 0.3) is 0 Å². The average molecular weight is 483 g/mol. The zero-order chi connectivity index (χ0) is 24.6. The first-order chi connectivity index (χ1) is 16.1. The molecule has 0 radical (unpaired) electrons. The number of rotatable bonds is 6. The quantitative estimate of drug-likeness (QED) is 0.531. The van der Waals surface area contributed by atoms with Gasteiger partial charge in [-0.2, -0.15) is 4.31 Å². The Labute approximate surface area is 202 Å². The highest BCUT2D eigenvalue weighted by atomic mass is 32.2. The third-order valence-electron chi connectivity index (χ3n) is 6.81. The fourth-order valence-electron chi connectivity index (χ4n) is 5.25. The van der Waals surface area contributed by atoms with Crippen molar-refractivity contribution in [2.45, 2.75) is 58.5 Å². The Bertz CT molecular complexity index is 1300. The van der Waals surface area contributed by atoms with Crippen molar-refractivity contribution in [1.82, 2.24) is 18.8 Å². The predicted molar refractivity (Wildman–Crippen MR) is 134 cm³/mol. The minimum atomic E-state index is -3.59. The van der Waals surface area contributed by atoms with E-state index in [0.717, 1.165) is 40.1 Å². The largest absolute Gasteiger partial charge is 0.338 e. The highest BCUT2D eigenvalue weighted by molar-refractivity contribution is 7.89. The number of amides is 1. The normalized spacial score (nSPS) is 15.7. The van der Waals surface area contributed by atoms with E-state index >= 15 is 0 Å². The molecule has 0 aliphatic carbocycles. The second-order valence-corrected chi connectivity index (χ2v) is 11.2. The minimum absolute atomic E-state index is 0.0504. The molecule has 0 saturated carbocycles. The lowest BCUT2D eigenvalue weighted by Crippen LogP contribution is -2.43. The molecule has 0 N–H and O–H groups in total. The first-order valence-electron chi connectivity index (χ1n) is 11.9. The molecule has 2 heterocycles. The van der Waals surface area contributed by atoms with Crippen molar-refractivity contribution in [3.05, 3.63) is 58.9 Å². The second kappa shape index (κ2) is 9.50. The molecule has 4 rings (SSSR count). The van der Waals surface area contributed by atoms with Gasteiger partial charge in [-0.25, -0.2) is 13.4 Å². The summed E-state index contributed by atoms with van der Waals surface area (Å²) in [5.41, 5.74) is 4.60. The molecule has 0 bridgehead atoms. The van der Waals surface area contributed by atoms with Crippen LogP contribution in [0.1, 0.15) is 42.3 Å². The number of benzene rings is 2. The molecule has 8 heteroatoms. The number of fused-ring (bicyclic) bond motifs is 1. The summed E-state index contributed by atoms with van der Waals surface area (Å²) in [4.78, 5) is 20.1. The van der Waals surface area contributed by atoms with Gasteiger partial charge in [0.2, 0.25) is 15.9 Å². The molecule has 1 aliphatic heterocycles. The molecule has 1 aliphatic rings. The van der Waals surface area contributed by atoms with Crippen molar-refractivity contribution in [3.8, 4) is 0 Å². The Balaban J connectivity index is 1.44. The maximum absolute atomic E-state index is 13.4. The van der Waals surface area contributed by atoms with Crippen LogP contribution in [0.3, 0.4) is 0 Å². The van der Waals surface area contributed by atoms with Gasteiger partial charge < -0.3 is 9.47 Å². The molecule has 0 atom stereocenters. The van der Waals surface area contributed by atoms with Gasteiger partial charge in [-0.3, -0.25) is 4.79 Å². The molecular formula is C26H34N4O3S. The van der Waals surface area contributed by atoms with Crippen LogP contribution in [-0.4, -0.2) is 53.2 Å². The Kier molecular flexibility index (Phi) is 6.82. The van der Waals surface area contributed by atoms with E-state index in [9.17, 15) is 13.2 Å². The third kappa shape index (κ3) is 4.49. The van der Waals surface area contributed by atoms with E-state index < -0.39 is 10.0 Å². The van der Waals surface area contributed by atoms with Crippen LogP contribution in [0.4, 0.5) is 0 Å². The lowest BCUT2D eigenvalue weighted by Gasteiger charge is -2.33. The maximum atomic E-state index is 13.4. The minimum Gasteiger partial charge on any atom is -0.338 e.